The second-order valence-electron chi connectivity index (χ2n) is 5.97. The molecular weight excluding hydrogens is 174 g/mol. The molecule has 14 heavy (non-hydrogen) atoms. The summed E-state index contributed by atoms with van der Waals surface area (Å²) in [6, 6.07) is 0. The molecule has 2 aliphatic carbocycles. The third kappa shape index (κ3) is 0.640. The van der Waals surface area contributed by atoms with E-state index in [0.29, 0.717) is 17.4 Å². The summed E-state index contributed by atoms with van der Waals surface area (Å²) < 4.78 is 0. The number of aliphatic hydroxyl groups excluding tert-OH is 1. The van der Waals surface area contributed by atoms with Crippen LogP contribution < -0.4 is 0 Å². The molecule has 1 unspecified atom stereocenters. The zero-order valence-electron chi connectivity index (χ0n) is 8.50. The molecule has 2 spiro atoms. The second kappa shape index (κ2) is 1.90. The Kier molecular flexibility index (Phi) is 1.05. The Balaban J connectivity index is 1.80. The van der Waals surface area contributed by atoms with Crippen LogP contribution in [0.15, 0.2) is 12.3 Å². The van der Waals surface area contributed by atoms with Gasteiger partial charge < -0.3 is 10.0 Å². The van der Waals surface area contributed by atoms with Gasteiger partial charge in [0.2, 0.25) is 0 Å². The van der Waals surface area contributed by atoms with E-state index in [0.717, 1.165) is 0 Å². The van der Waals surface area contributed by atoms with Gasteiger partial charge in [0.1, 0.15) is 0 Å². The minimum atomic E-state index is 0.128. The van der Waals surface area contributed by atoms with Gasteiger partial charge in [-0.1, -0.05) is 6.08 Å². The molecule has 0 aromatic carbocycles. The molecule has 1 saturated heterocycles. The molecule has 2 nitrogen and oxygen atoms in total. The van der Waals surface area contributed by atoms with E-state index < -0.39 is 0 Å². The van der Waals surface area contributed by atoms with Crippen molar-refractivity contribution < 1.29 is 5.11 Å². The maximum Gasteiger partial charge on any atom is 0.0723 e. The van der Waals surface area contributed by atoms with Crippen LogP contribution in [0, 0.1) is 10.8 Å². The molecule has 0 amide bonds. The molecule has 0 radical (unpaired) electrons. The number of aliphatic hydroxyl groups is 1. The van der Waals surface area contributed by atoms with E-state index >= 15 is 0 Å². The second-order valence-corrected chi connectivity index (χ2v) is 5.97. The highest BCUT2D eigenvalue weighted by molar-refractivity contribution is 5.33. The van der Waals surface area contributed by atoms with Gasteiger partial charge in [-0.3, -0.25) is 0 Å². The van der Waals surface area contributed by atoms with Crippen LogP contribution in [-0.2, 0) is 0 Å². The molecule has 2 saturated carbocycles. The summed E-state index contributed by atoms with van der Waals surface area (Å²) in [6.07, 6.45) is 11.3. The number of rotatable bonds is 1. The number of hydrogen-bond donors (Lipinski definition) is 1. The highest BCUT2D eigenvalue weighted by atomic mass is 16.3. The van der Waals surface area contributed by atoms with Crippen molar-refractivity contribution in [1.29, 1.82) is 0 Å². The first-order valence-electron chi connectivity index (χ1n) is 5.81. The van der Waals surface area contributed by atoms with Crippen LogP contribution in [0.5, 0.6) is 0 Å². The van der Waals surface area contributed by atoms with Crippen LogP contribution in [0.2, 0.25) is 0 Å². The quantitative estimate of drug-likeness (QED) is 0.679. The van der Waals surface area contributed by atoms with Crippen molar-refractivity contribution >= 4 is 0 Å². The van der Waals surface area contributed by atoms with Gasteiger partial charge in [-0.15, -0.1) is 0 Å². The van der Waals surface area contributed by atoms with E-state index in [4.69, 9.17) is 0 Å². The Morgan fingerprint density at radius 3 is 2.57 bits per heavy atom. The van der Waals surface area contributed by atoms with Crippen molar-refractivity contribution in [2.24, 2.45) is 10.8 Å². The van der Waals surface area contributed by atoms with Crippen LogP contribution in [0.3, 0.4) is 0 Å². The van der Waals surface area contributed by atoms with Gasteiger partial charge in [-0.05, 0) is 43.7 Å². The van der Waals surface area contributed by atoms with Crippen molar-refractivity contribution in [3.63, 3.8) is 0 Å². The molecule has 0 aromatic rings. The Labute approximate surface area is 84.6 Å². The van der Waals surface area contributed by atoms with E-state index in [9.17, 15) is 5.11 Å². The highest BCUT2D eigenvalue weighted by Gasteiger charge is 2.70. The van der Waals surface area contributed by atoms with Crippen molar-refractivity contribution in [3.8, 4) is 0 Å². The molecule has 4 rings (SSSR count). The number of fused-ring (bicyclic) bond motifs is 2. The molecule has 2 aliphatic heterocycles. The highest BCUT2D eigenvalue weighted by Crippen LogP contribution is 2.70. The van der Waals surface area contributed by atoms with Gasteiger partial charge in [0.05, 0.1) is 12.1 Å². The topological polar surface area (TPSA) is 23.5 Å². The Morgan fingerprint density at radius 2 is 2.00 bits per heavy atom. The number of nitrogens with zero attached hydrogens (tertiary/aromatic N) is 1. The zero-order chi connectivity index (χ0) is 9.44. The standard InChI is InChI=1S/C12H17NO/c14-9-12-7-10(1-2-10)8-13(12)6-5-11(12)3-4-11/h5-6,14H,1-4,7-9H2. The van der Waals surface area contributed by atoms with Crippen molar-refractivity contribution in [2.45, 2.75) is 37.6 Å². The molecule has 76 valence electrons. The minimum Gasteiger partial charge on any atom is -0.394 e. The lowest BCUT2D eigenvalue weighted by Crippen LogP contribution is -2.47. The monoisotopic (exact) mass is 191 g/mol. The fourth-order valence-corrected chi connectivity index (χ4v) is 3.92. The lowest BCUT2D eigenvalue weighted by molar-refractivity contribution is 0.0677. The van der Waals surface area contributed by atoms with Crippen molar-refractivity contribution in [1.82, 2.24) is 4.90 Å². The molecular formula is C12H17NO. The lowest BCUT2D eigenvalue weighted by atomic mass is 9.78. The first kappa shape index (κ1) is 7.75. The van der Waals surface area contributed by atoms with Gasteiger partial charge in [-0.2, -0.15) is 0 Å². The third-order valence-electron chi connectivity index (χ3n) is 5.23. The Bertz CT molecular complexity index is 327. The summed E-state index contributed by atoms with van der Waals surface area (Å²) in [5, 5.41) is 9.78. The molecule has 2 heterocycles. The van der Waals surface area contributed by atoms with E-state index in [1.54, 1.807) is 0 Å². The van der Waals surface area contributed by atoms with Gasteiger partial charge in [0.25, 0.3) is 0 Å². The summed E-state index contributed by atoms with van der Waals surface area (Å²) in [5.74, 6) is 0. The molecule has 0 aromatic heterocycles. The average molecular weight is 191 g/mol. The smallest absolute Gasteiger partial charge is 0.0723 e. The molecule has 1 N–H and O–H groups in total. The van der Waals surface area contributed by atoms with Gasteiger partial charge in [0, 0.05) is 12.0 Å². The average Bonchev–Trinajstić information content (AvgIpc) is 3.02. The van der Waals surface area contributed by atoms with Gasteiger partial charge >= 0.3 is 0 Å². The zero-order valence-corrected chi connectivity index (χ0v) is 8.50. The van der Waals surface area contributed by atoms with Gasteiger partial charge in [0.15, 0.2) is 0 Å². The van der Waals surface area contributed by atoms with E-state index in [1.165, 1.54) is 38.6 Å². The molecule has 1 atom stereocenters. The fourth-order valence-electron chi connectivity index (χ4n) is 3.92. The first-order valence-corrected chi connectivity index (χ1v) is 5.81. The summed E-state index contributed by atoms with van der Waals surface area (Å²) >= 11 is 0. The van der Waals surface area contributed by atoms with Crippen LogP contribution in [0.1, 0.15) is 32.1 Å². The van der Waals surface area contributed by atoms with Crippen LogP contribution in [0.4, 0.5) is 0 Å². The minimum absolute atomic E-state index is 0.128. The Morgan fingerprint density at radius 1 is 1.21 bits per heavy atom. The predicted octanol–water partition coefficient (Wildman–Crippen LogP) is 1.51. The molecule has 0 bridgehead atoms. The summed E-state index contributed by atoms with van der Waals surface area (Å²) in [6.45, 7) is 1.58. The predicted molar refractivity (Wildman–Crippen MR) is 53.6 cm³/mol. The molecule has 3 fully saturated rings. The van der Waals surface area contributed by atoms with Crippen LogP contribution >= 0.6 is 0 Å². The SMILES string of the molecule is OCC12CC3(CC3)CN1C=CC21CC1. The number of hydrogen-bond acceptors (Lipinski definition) is 2. The lowest BCUT2D eigenvalue weighted by Gasteiger charge is -2.37. The summed E-state index contributed by atoms with van der Waals surface area (Å²) in [4.78, 5) is 2.47. The third-order valence-corrected chi connectivity index (χ3v) is 5.23. The maximum atomic E-state index is 9.78. The summed E-state index contributed by atoms with van der Waals surface area (Å²) in [5.41, 5.74) is 1.13. The van der Waals surface area contributed by atoms with E-state index in [2.05, 4.69) is 17.2 Å². The Hall–Kier alpha value is -0.500. The van der Waals surface area contributed by atoms with Crippen LogP contribution in [-0.4, -0.2) is 28.7 Å². The fraction of sp³-hybridized carbons (Fsp3) is 0.833. The first-order chi connectivity index (χ1) is 6.74. The largest absolute Gasteiger partial charge is 0.394 e. The van der Waals surface area contributed by atoms with Crippen LogP contribution in [0.25, 0.3) is 0 Å². The van der Waals surface area contributed by atoms with Gasteiger partial charge in [-0.25, -0.2) is 0 Å². The van der Waals surface area contributed by atoms with Crippen molar-refractivity contribution in [3.05, 3.63) is 12.3 Å². The normalized spacial score (nSPS) is 43.6. The van der Waals surface area contributed by atoms with Crippen molar-refractivity contribution in [2.75, 3.05) is 13.2 Å². The maximum absolute atomic E-state index is 9.78. The molecule has 2 heteroatoms. The summed E-state index contributed by atoms with van der Waals surface area (Å²) in [7, 11) is 0. The van der Waals surface area contributed by atoms with E-state index in [1.807, 2.05) is 0 Å². The van der Waals surface area contributed by atoms with E-state index in [-0.39, 0.29) is 5.54 Å². The molecule has 4 aliphatic rings.